The lowest BCUT2D eigenvalue weighted by Crippen LogP contribution is -2.35. The van der Waals surface area contributed by atoms with Gasteiger partial charge in [0.2, 0.25) is 0 Å². The number of nitrogens with zero attached hydrogens (tertiary/aromatic N) is 1. The molecule has 0 radical (unpaired) electrons. The van der Waals surface area contributed by atoms with Crippen LogP contribution in [0.4, 0.5) is 5.69 Å². The zero-order chi connectivity index (χ0) is 17.2. The van der Waals surface area contributed by atoms with Gasteiger partial charge in [-0.05, 0) is 47.0 Å². The summed E-state index contributed by atoms with van der Waals surface area (Å²) in [6.07, 6.45) is 0.891. The van der Waals surface area contributed by atoms with Crippen LogP contribution in [0.2, 0.25) is 0 Å². The van der Waals surface area contributed by atoms with Crippen LogP contribution in [0.25, 0.3) is 0 Å². The summed E-state index contributed by atoms with van der Waals surface area (Å²) in [5, 5.41) is 8.60. The highest BCUT2D eigenvalue weighted by Gasteiger charge is 2.24. The Morgan fingerprint density at radius 1 is 1.08 bits per heavy atom. The molecule has 4 rings (SSSR count). The van der Waals surface area contributed by atoms with Crippen molar-refractivity contribution in [3.05, 3.63) is 74.1 Å². The van der Waals surface area contributed by atoms with Gasteiger partial charge in [0.25, 0.3) is 11.8 Å². The van der Waals surface area contributed by atoms with E-state index in [0.717, 1.165) is 6.42 Å². The summed E-state index contributed by atoms with van der Waals surface area (Å²) in [4.78, 5) is 28.5. The van der Waals surface area contributed by atoms with Crippen molar-refractivity contribution < 1.29 is 9.59 Å². The highest BCUT2D eigenvalue weighted by atomic mass is 32.1. The quantitative estimate of drug-likeness (QED) is 0.751. The Labute approximate surface area is 153 Å². The van der Waals surface area contributed by atoms with Crippen molar-refractivity contribution in [3.63, 3.8) is 0 Å². The second kappa shape index (κ2) is 6.82. The summed E-state index contributed by atoms with van der Waals surface area (Å²) in [5.74, 6) is -0.238. The van der Waals surface area contributed by atoms with Crippen molar-refractivity contribution in [1.82, 2.24) is 4.90 Å². The summed E-state index contributed by atoms with van der Waals surface area (Å²) in [6.45, 7) is 1.34. The minimum atomic E-state index is -0.194. The molecule has 2 aromatic heterocycles. The van der Waals surface area contributed by atoms with E-state index in [0.29, 0.717) is 29.9 Å². The number of carbonyl (C=O) groups excluding carboxylic acids is 2. The van der Waals surface area contributed by atoms with Crippen molar-refractivity contribution in [3.8, 4) is 0 Å². The standard InChI is InChI=1S/C19H16N2O2S2/c22-18(14-6-9-24-12-14)20-16-4-2-1-3-15(16)19(23)21-8-5-17-13(11-21)7-10-25-17/h1-4,6-7,9-10,12H,5,8,11H2,(H,20,22). The molecule has 2 amide bonds. The van der Waals surface area contributed by atoms with E-state index in [-0.39, 0.29) is 11.8 Å². The number of anilines is 1. The number of rotatable bonds is 3. The Hall–Kier alpha value is -2.44. The maximum Gasteiger partial charge on any atom is 0.256 e. The number of para-hydroxylation sites is 1. The third kappa shape index (κ3) is 3.23. The molecule has 0 bridgehead atoms. The summed E-state index contributed by atoms with van der Waals surface area (Å²) in [7, 11) is 0. The predicted octanol–water partition coefficient (Wildman–Crippen LogP) is 4.26. The molecule has 0 unspecified atom stereocenters. The average Bonchev–Trinajstić information content (AvgIpc) is 3.32. The Balaban J connectivity index is 1.56. The second-order valence-corrected chi connectivity index (χ2v) is 7.64. The number of hydrogen-bond acceptors (Lipinski definition) is 4. The maximum absolute atomic E-state index is 13.0. The first-order valence-electron chi connectivity index (χ1n) is 7.99. The van der Waals surface area contributed by atoms with Crippen LogP contribution in [0.1, 0.15) is 31.2 Å². The van der Waals surface area contributed by atoms with Gasteiger partial charge in [-0.15, -0.1) is 11.3 Å². The number of carbonyl (C=O) groups is 2. The minimum Gasteiger partial charge on any atom is -0.334 e. The first-order valence-corrected chi connectivity index (χ1v) is 9.82. The van der Waals surface area contributed by atoms with Crippen LogP contribution in [0.5, 0.6) is 0 Å². The molecule has 25 heavy (non-hydrogen) atoms. The highest BCUT2D eigenvalue weighted by molar-refractivity contribution is 7.10. The molecular weight excluding hydrogens is 352 g/mol. The largest absolute Gasteiger partial charge is 0.334 e. The highest BCUT2D eigenvalue weighted by Crippen LogP contribution is 2.26. The SMILES string of the molecule is O=C(Nc1ccccc1C(=O)N1CCc2sccc2C1)c1ccsc1. The van der Waals surface area contributed by atoms with Gasteiger partial charge < -0.3 is 10.2 Å². The van der Waals surface area contributed by atoms with E-state index in [1.54, 1.807) is 34.9 Å². The Morgan fingerprint density at radius 3 is 2.80 bits per heavy atom. The van der Waals surface area contributed by atoms with Gasteiger partial charge in [-0.3, -0.25) is 9.59 Å². The van der Waals surface area contributed by atoms with E-state index < -0.39 is 0 Å². The number of amides is 2. The second-order valence-electron chi connectivity index (χ2n) is 5.86. The molecule has 126 valence electrons. The van der Waals surface area contributed by atoms with Gasteiger partial charge in [0.1, 0.15) is 0 Å². The zero-order valence-corrected chi connectivity index (χ0v) is 15.0. The topological polar surface area (TPSA) is 49.4 Å². The Morgan fingerprint density at radius 2 is 1.96 bits per heavy atom. The van der Waals surface area contributed by atoms with E-state index in [4.69, 9.17) is 0 Å². The van der Waals surface area contributed by atoms with Crippen LogP contribution >= 0.6 is 22.7 Å². The maximum atomic E-state index is 13.0. The summed E-state index contributed by atoms with van der Waals surface area (Å²) in [5.41, 5.74) is 2.92. The molecule has 3 heterocycles. The van der Waals surface area contributed by atoms with Gasteiger partial charge in [-0.2, -0.15) is 11.3 Å². The molecule has 6 heteroatoms. The van der Waals surface area contributed by atoms with Crippen LogP contribution < -0.4 is 5.32 Å². The van der Waals surface area contributed by atoms with Gasteiger partial charge >= 0.3 is 0 Å². The van der Waals surface area contributed by atoms with Crippen LogP contribution in [-0.4, -0.2) is 23.3 Å². The first kappa shape index (κ1) is 16.1. The lowest BCUT2D eigenvalue weighted by Gasteiger charge is -2.27. The third-order valence-corrected chi connectivity index (χ3v) is 5.99. The summed E-state index contributed by atoms with van der Waals surface area (Å²) in [6, 6.07) is 11.1. The third-order valence-electron chi connectivity index (χ3n) is 4.28. The number of benzene rings is 1. The average molecular weight is 368 g/mol. The Kier molecular flexibility index (Phi) is 4.38. The first-order chi connectivity index (χ1) is 12.2. The smallest absolute Gasteiger partial charge is 0.256 e. The van der Waals surface area contributed by atoms with Gasteiger partial charge in [0.05, 0.1) is 16.8 Å². The van der Waals surface area contributed by atoms with E-state index in [2.05, 4.69) is 16.8 Å². The molecule has 0 atom stereocenters. The molecular formula is C19H16N2O2S2. The van der Waals surface area contributed by atoms with Crippen LogP contribution in [0.15, 0.2) is 52.5 Å². The van der Waals surface area contributed by atoms with E-state index >= 15 is 0 Å². The number of thiophene rings is 2. The van der Waals surface area contributed by atoms with Crippen LogP contribution in [-0.2, 0) is 13.0 Å². The Bertz CT molecular complexity index is 915. The van der Waals surface area contributed by atoms with Gasteiger partial charge in [0, 0.05) is 23.3 Å². The van der Waals surface area contributed by atoms with Crippen LogP contribution in [0.3, 0.4) is 0 Å². The molecule has 0 saturated heterocycles. The normalized spacial score (nSPS) is 13.4. The van der Waals surface area contributed by atoms with E-state index in [1.165, 1.54) is 21.8 Å². The molecule has 1 aromatic carbocycles. The fourth-order valence-corrected chi connectivity index (χ4v) is 4.48. The molecule has 1 aliphatic heterocycles. The van der Waals surface area contributed by atoms with Gasteiger partial charge in [-0.1, -0.05) is 12.1 Å². The van der Waals surface area contributed by atoms with Crippen molar-refractivity contribution in [2.24, 2.45) is 0 Å². The molecule has 4 nitrogen and oxygen atoms in total. The fourth-order valence-electron chi connectivity index (χ4n) is 2.96. The van der Waals surface area contributed by atoms with E-state index in [9.17, 15) is 9.59 Å². The molecule has 0 saturated carbocycles. The van der Waals surface area contributed by atoms with Crippen molar-refractivity contribution in [1.29, 1.82) is 0 Å². The van der Waals surface area contributed by atoms with Crippen molar-refractivity contribution in [2.75, 3.05) is 11.9 Å². The van der Waals surface area contributed by atoms with Gasteiger partial charge in [-0.25, -0.2) is 0 Å². The minimum absolute atomic E-state index is 0.0435. The molecule has 1 aliphatic rings. The zero-order valence-electron chi connectivity index (χ0n) is 13.4. The molecule has 1 N–H and O–H groups in total. The molecule has 0 aliphatic carbocycles. The lowest BCUT2D eigenvalue weighted by molar-refractivity contribution is 0.0737. The van der Waals surface area contributed by atoms with Gasteiger partial charge in [0.15, 0.2) is 0 Å². The lowest BCUT2D eigenvalue weighted by atomic mass is 10.1. The number of nitrogens with one attached hydrogen (secondary N) is 1. The van der Waals surface area contributed by atoms with Crippen molar-refractivity contribution in [2.45, 2.75) is 13.0 Å². The molecule has 0 fully saturated rings. The predicted molar refractivity (Wildman–Crippen MR) is 101 cm³/mol. The van der Waals surface area contributed by atoms with Crippen LogP contribution in [0, 0.1) is 0 Å². The van der Waals surface area contributed by atoms with E-state index in [1.807, 2.05) is 22.4 Å². The molecule has 3 aromatic rings. The van der Waals surface area contributed by atoms with Crippen molar-refractivity contribution >= 4 is 40.2 Å². The molecule has 0 spiro atoms. The number of hydrogen-bond donors (Lipinski definition) is 1. The summed E-state index contributed by atoms with van der Waals surface area (Å²) >= 11 is 3.22. The summed E-state index contributed by atoms with van der Waals surface area (Å²) < 4.78 is 0. The monoisotopic (exact) mass is 368 g/mol. The number of fused-ring (bicyclic) bond motifs is 1. The fraction of sp³-hybridized carbons (Fsp3) is 0.158.